The third-order valence-corrected chi connectivity index (χ3v) is 2.97. The normalized spacial score (nSPS) is 33.8. The zero-order valence-corrected chi connectivity index (χ0v) is 8.49. The Kier molecular flexibility index (Phi) is 3.31. The summed E-state index contributed by atoms with van der Waals surface area (Å²) in [5.74, 6) is 0.420. The van der Waals surface area contributed by atoms with Gasteiger partial charge in [0.2, 0.25) is 0 Å². The molecule has 0 bridgehead atoms. The Labute approximate surface area is 79.1 Å². The molecule has 1 unspecified atom stereocenters. The van der Waals surface area contributed by atoms with Crippen molar-refractivity contribution in [1.82, 2.24) is 0 Å². The Morgan fingerprint density at radius 2 is 2.08 bits per heavy atom. The minimum absolute atomic E-state index is 0.0904. The molecule has 0 saturated heterocycles. The summed E-state index contributed by atoms with van der Waals surface area (Å²) in [5, 5.41) is 9.67. The van der Waals surface area contributed by atoms with E-state index in [4.69, 9.17) is 0 Å². The zero-order chi connectivity index (χ0) is 10.0. The second-order valence-corrected chi connectivity index (χ2v) is 4.17. The van der Waals surface area contributed by atoms with Gasteiger partial charge in [-0.05, 0) is 24.7 Å². The Morgan fingerprint density at radius 3 is 2.46 bits per heavy atom. The first-order valence-corrected chi connectivity index (χ1v) is 4.82. The molecule has 3 atom stereocenters. The van der Waals surface area contributed by atoms with E-state index in [1.165, 1.54) is 7.11 Å². The van der Waals surface area contributed by atoms with E-state index in [-0.39, 0.29) is 23.9 Å². The molecule has 1 N–H and O–H groups in total. The van der Waals surface area contributed by atoms with Crippen molar-refractivity contribution in [3.05, 3.63) is 0 Å². The Morgan fingerprint density at radius 1 is 1.46 bits per heavy atom. The number of methoxy groups -OCH3 is 1. The van der Waals surface area contributed by atoms with Crippen LogP contribution in [0, 0.1) is 17.8 Å². The van der Waals surface area contributed by atoms with Gasteiger partial charge >= 0.3 is 5.97 Å². The molecule has 1 rings (SSSR count). The predicted octanol–water partition coefficient (Wildman–Crippen LogP) is 1.20. The monoisotopic (exact) mass is 186 g/mol. The highest BCUT2D eigenvalue weighted by Gasteiger charge is 2.38. The number of carbonyl (C=O) groups is 1. The van der Waals surface area contributed by atoms with E-state index in [1.807, 2.05) is 0 Å². The van der Waals surface area contributed by atoms with E-state index >= 15 is 0 Å². The van der Waals surface area contributed by atoms with Gasteiger partial charge in [0.05, 0.1) is 19.1 Å². The molecule has 0 aromatic heterocycles. The van der Waals surface area contributed by atoms with Gasteiger partial charge in [-0.2, -0.15) is 0 Å². The summed E-state index contributed by atoms with van der Waals surface area (Å²) in [7, 11) is 1.40. The van der Waals surface area contributed by atoms with Crippen LogP contribution >= 0.6 is 0 Å². The Bertz CT molecular complexity index is 189. The van der Waals surface area contributed by atoms with E-state index in [2.05, 4.69) is 18.6 Å². The van der Waals surface area contributed by atoms with E-state index in [9.17, 15) is 9.90 Å². The van der Waals surface area contributed by atoms with Crippen LogP contribution in [0.2, 0.25) is 0 Å². The molecule has 0 amide bonds. The number of carbonyl (C=O) groups excluding carboxylic acids is 1. The van der Waals surface area contributed by atoms with Crippen molar-refractivity contribution in [2.24, 2.45) is 17.8 Å². The molecule has 3 heteroatoms. The van der Waals surface area contributed by atoms with Crippen LogP contribution in [0.5, 0.6) is 0 Å². The second kappa shape index (κ2) is 4.09. The lowest BCUT2D eigenvalue weighted by molar-refractivity contribution is -0.145. The fourth-order valence-electron chi connectivity index (χ4n) is 2.12. The van der Waals surface area contributed by atoms with Crippen molar-refractivity contribution < 1.29 is 14.6 Å². The molecule has 13 heavy (non-hydrogen) atoms. The van der Waals surface area contributed by atoms with Crippen LogP contribution in [0.3, 0.4) is 0 Å². The number of hydrogen-bond acceptors (Lipinski definition) is 3. The maximum absolute atomic E-state index is 11.2. The molecular weight excluding hydrogens is 168 g/mol. The number of aliphatic hydroxyl groups excluding tert-OH is 1. The molecule has 0 spiro atoms. The minimum Gasteiger partial charge on any atom is -0.469 e. The van der Waals surface area contributed by atoms with Crippen molar-refractivity contribution in [3.8, 4) is 0 Å². The number of aliphatic hydroxyl groups is 1. The van der Waals surface area contributed by atoms with Gasteiger partial charge < -0.3 is 9.84 Å². The van der Waals surface area contributed by atoms with Crippen molar-refractivity contribution in [3.63, 3.8) is 0 Å². The third kappa shape index (κ3) is 2.21. The van der Waals surface area contributed by atoms with Crippen LogP contribution in [0.15, 0.2) is 0 Å². The first-order chi connectivity index (χ1) is 6.06. The van der Waals surface area contributed by atoms with E-state index in [0.717, 1.165) is 6.42 Å². The van der Waals surface area contributed by atoms with Crippen LogP contribution in [-0.4, -0.2) is 24.3 Å². The average Bonchev–Trinajstić information content (AvgIpc) is 2.46. The molecule has 0 radical (unpaired) electrons. The summed E-state index contributed by atoms with van der Waals surface area (Å²) in [6, 6.07) is 0. The number of esters is 1. The maximum atomic E-state index is 11.2. The lowest BCUT2D eigenvalue weighted by atomic mass is 9.92. The lowest BCUT2D eigenvalue weighted by Crippen LogP contribution is -2.18. The SMILES string of the molecule is COC(=O)C1C[C@@H](O)[C@H](C(C)C)C1. The Balaban J connectivity index is 2.54. The van der Waals surface area contributed by atoms with E-state index < -0.39 is 0 Å². The number of hydrogen-bond donors (Lipinski definition) is 1. The quantitative estimate of drug-likeness (QED) is 0.659. The van der Waals surface area contributed by atoms with Crippen LogP contribution in [0.25, 0.3) is 0 Å². The topological polar surface area (TPSA) is 46.5 Å². The summed E-state index contributed by atoms with van der Waals surface area (Å²) in [5.41, 5.74) is 0. The average molecular weight is 186 g/mol. The van der Waals surface area contributed by atoms with Crippen LogP contribution in [0.4, 0.5) is 0 Å². The largest absolute Gasteiger partial charge is 0.469 e. The molecule has 0 aliphatic heterocycles. The molecule has 0 aromatic carbocycles. The van der Waals surface area contributed by atoms with Crippen LogP contribution < -0.4 is 0 Å². The van der Waals surface area contributed by atoms with Gasteiger partial charge in [0.25, 0.3) is 0 Å². The fraction of sp³-hybridized carbons (Fsp3) is 0.900. The summed E-state index contributed by atoms with van der Waals surface area (Å²) in [6.45, 7) is 4.15. The predicted molar refractivity (Wildman–Crippen MR) is 49.1 cm³/mol. The highest BCUT2D eigenvalue weighted by atomic mass is 16.5. The van der Waals surface area contributed by atoms with Gasteiger partial charge in [0.15, 0.2) is 0 Å². The highest BCUT2D eigenvalue weighted by molar-refractivity contribution is 5.72. The van der Waals surface area contributed by atoms with Gasteiger partial charge in [0, 0.05) is 0 Å². The summed E-state index contributed by atoms with van der Waals surface area (Å²) in [4.78, 5) is 11.2. The lowest BCUT2D eigenvalue weighted by Gasteiger charge is -2.17. The van der Waals surface area contributed by atoms with Crippen molar-refractivity contribution in [2.45, 2.75) is 32.8 Å². The molecule has 1 saturated carbocycles. The first kappa shape index (κ1) is 10.5. The van der Waals surface area contributed by atoms with Gasteiger partial charge in [-0.15, -0.1) is 0 Å². The van der Waals surface area contributed by atoms with Crippen molar-refractivity contribution in [1.29, 1.82) is 0 Å². The molecule has 1 fully saturated rings. The van der Waals surface area contributed by atoms with Gasteiger partial charge in [-0.1, -0.05) is 13.8 Å². The molecular formula is C10H18O3. The van der Waals surface area contributed by atoms with E-state index in [0.29, 0.717) is 12.3 Å². The molecule has 3 nitrogen and oxygen atoms in total. The van der Waals surface area contributed by atoms with Crippen molar-refractivity contribution in [2.75, 3.05) is 7.11 Å². The summed E-state index contributed by atoms with van der Waals surface area (Å²) < 4.78 is 4.66. The molecule has 76 valence electrons. The number of ether oxygens (including phenoxy) is 1. The minimum atomic E-state index is -0.330. The van der Waals surface area contributed by atoms with Gasteiger partial charge in [0.1, 0.15) is 0 Å². The van der Waals surface area contributed by atoms with Gasteiger partial charge in [-0.3, -0.25) is 4.79 Å². The smallest absolute Gasteiger partial charge is 0.308 e. The first-order valence-electron chi connectivity index (χ1n) is 4.82. The molecule has 1 aliphatic carbocycles. The van der Waals surface area contributed by atoms with Gasteiger partial charge in [-0.25, -0.2) is 0 Å². The molecule has 1 aliphatic rings. The van der Waals surface area contributed by atoms with E-state index in [1.54, 1.807) is 0 Å². The number of rotatable bonds is 2. The standard InChI is InChI=1S/C10H18O3/c1-6(2)8-4-7(5-9(8)11)10(12)13-3/h6-9,11H,4-5H2,1-3H3/t7?,8-,9+/m0/s1. The highest BCUT2D eigenvalue weighted by Crippen LogP contribution is 2.36. The Hall–Kier alpha value is -0.570. The third-order valence-electron chi connectivity index (χ3n) is 2.97. The second-order valence-electron chi connectivity index (χ2n) is 4.17. The fourth-order valence-corrected chi connectivity index (χ4v) is 2.12. The summed E-state index contributed by atoms with van der Waals surface area (Å²) >= 11 is 0. The van der Waals surface area contributed by atoms with Crippen LogP contribution in [0.1, 0.15) is 26.7 Å². The van der Waals surface area contributed by atoms with Crippen LogP contribution in [-0.2, 0) is 9.53 Å². The molecule has 0 aromatic rings. The maximum Gasteiger partial charge on any atom is 0.308 e. The molecule has 0 heterocycles. The zero-order valence-electron chi connectivity index (χ0n) is 8.49. The van der Waals surface area contributed by atoms with Crippen molar-refractivity contribution >= 4 is 5.97 Å². The summed E-state index contributed by atoms with van der Waals surface area (Å²) in [6.07, 6.45) is 1.00.